The van der Waals surface area contributed by atoms with Crippen molar-refractivity contribution < 1.29 is 9.52 Å². The van der Waals surface area contributed by atoms with Gasteiger partial charge in [-0.25, -0.2) is 15.0 Å². The topological polar surface area (TPSA) is 84.1 Å². The fourth-order valence-electron chi connectivity index (χ4n) is 2.53. The fourth-order valence-corrected chi connectivity index (χ4v) is 2.53. The molecule has 0 spiro atoms. The second-order valence-electron chi connectivity index (χ2n) is 5.40. The Balaban J connectivity index is 1.85. The zero-order chi connectivity index (χ0) is 16.4. The summed E-state index contributed by atoms with van der Waals surface area (Å²) in [5, 5.41) is 12.2. The Morgan fingerprint density at radius 3 is 2.33 bits per heavy atom. The first-order valence-electron chi connectivity index (χ1n) is 7.82. The second kappa shape index (κ2) is 6.25. The molecule has 0 aliphatic carbocycles. The molecular weight excluding hydrogens is 304 g/mol. The van der Waals surface area contributed by atoms with E-state index in [1.54, 1.807) is 0 Å². The highest BCUT2D eigenvalue weighted by atomic mass is 16.3. The van der Waals surface area contributed by atoms with Crippen LogP contribution in [-0.4, -0.2) is 33.2 Å². The predicted octanol–water partition coefficient (Wildman–Crippen LogP) is 3.23. The minimum Gasteiger partial charge on any atom is -0.435 e. The molecule has 2 heterocycles. The highest BCUT2D eigenvalue weighted by molar-refractivity contribution is 5.83. The molecule has 0 amide bonds. The molecule has 4 aromatic rings. The number of nitrogens with zero attached hydrogens (tertiary/aromatic N) is 3. The number of anilines is 1. The number of para-hydroxylation sites is 4. The van der Waals surface area contributed by atoms with E-state index in [-0.39, 0.29) is 6.61 Å². The molecule has 0 unspecified atom stereocenters. The lowest BCUT2D eigenvalue weighted by molar-refractivity contribution is 0.292. The summed E-state index contributed by atoms with van der Waals surface area (Å²) < 4.78 is 5.85. The van der Waals surface area contributed by atoms with E-state index in [2.05, 4.69) is 20.3 Å². The third-order valence-electron chi connectivity index (χ3n) is 3.69. The summed E-state index contributed by atoms with van der Waals surface area (Å²) in [5.74, 6) is 1.04. The molecule has 2 aromatic carbocycles. The van der Waals surface area contributed by atoms with E-state index in [1.807, 2.05) is 48.5 Å². The second-order valence-corrected chi connectivity index (χ2v) is 5.40. The number of nitrogens with one attached hydrogen (secondary N) is 1. The Bertz CT molecular complexity index is 964. The van der Waals surface area contributed by atoms with Gasteiger partial charge in [0.25, 0.3) is 0 Å². The van der Waals surface area contributed by atoms with Crippen LogP contribution in [0.2, 0.25) is 0 Å². The number of aliphatic hydroxyl groups is 1. The van der Waals surface area contributed by atoms with Crippen LogP contribution in [0.4, 0.5) is 5.82 Å². The number of fused-ring (bicyclic) bond motifs is 2. The summed E-state index contributed by atoms with van der Waals surface area (Å²) in [6, 6.07) is 15.3. The van der Waals surface area contributed by atoms with Gasteiger partial charge in [0.15, 0.2) is 17.1 Å². The van der Waals surface area contributed by atoms with Crippen molar-refractivity contribution in [3.63, 3.8) is 0 Å². The van der Waals surface area contributed by atoms with Crippen molar-refractivity contribution in [1.29, 1.82) is 0 Å². The lowest BCUT2D eigenvalue weighted by Gasteiger charge is -2.09. The van der Waals surface area contributed by atoms with Gasteiger partial charge in [-0.15, -0.1) is 0 Å². The predicted molar refractivity (Wildman–Crippen MR) is 92.7 cm³/mol. The third-order valence-corrected chi connectivity index (χ3v) is 3.69. The molecule has 24 heavy (non-hydrogen) atoms. The molecule has 0 bridgehead atoms. The number of hydrogen-bond acceptors (Lipinski definition) is 6. The Morgan fingerprint density at radius 2 is 1.58 bits per heavy atom. The zero-order valence-electron chi connectivity index (χ0n) is 12.9. The molecule has 0 radical (unpaired) electrons. The summed E-state index contributed by atoms with van der Waals surface area (Å²) in [5.41, 5.74) is 3.64. The molecular formula is C18H16N4O2. The van der Waals surface area contributed by atoms with Gasteiger partial charge < -0.3 is 14.8 Å². The average Bonchev–Trinajstić information content (AvgIpc) is 3.05. The number of aliphatic hydroxyl groups excluding tert-OH is 1. The lowest BCUT2D eigenvalue weighted by atomic mass is 10.2. The first kappa shape index (κ1) is 14.6. The van der Waals surface area contributed by atoms with Crippen LogP contribution < -0.4 is 5.32 Å². The van der Waals surface area contributed by atoms with Gasteiger partial charge >= 0.3 is 0 Å². The van der Waals surface area contributed by atoms with Crippen molar-refractivity contribution in [2.75, 3.05) is 18.5 Å². The number of benzene rings is 2. The minimum atomic E-state index is 0.117. The van der Waals surface area contributed by atoms with E-state index < -0.39 is 0 Å². The third kappa shape index (κ3) is 2.68. The molecule has 2 N–H and O–H groups in total. The van der Waals surface area contributed by atoms with Crippen LogP contribution in [0.15, 0.2) is 52.9 Å². The van der Waals surface area contributed by atoms with Crippen LogP contribution in [0.3, 0.4) is 0 Å². The first-order valence-corrected chi connectivity index (χ1v) is 7.82. The van der Waals surface area contributed by atoms with E-state index in [0.717, 1.165) is 16.6 Å². The first-order chi connectivity index (χ1) is 11.8. The SMILES string of the molecule is OCCCNc1nc2ccccc2nc1-c1nc2ccccc2o1. The molecule has 2 aromatic heterocycles. The summed E-state index contributed by atoms with van der Waals surface area (Å²) in [6.45, 7) is 0.711. The van der Waals surface area contributed by atoms with Crippen molar-refractivity contribution in [2.45, 2.75) is 6.42 Å². The molecule has 0 saturated heterocycles. The smallest absolute Gasteiger partial charge is 0.250 e. The minimum absolute atomic E-state index is 0.117. The number of oxazole rings is 1. The lowest BCUT2D eigenvalue weighted by Crippen LogP contribution is -2.07. The summed E-state index contributed by atoms with van der Waals surface area (Å²) in [6.07, 6.45) is 0.626. The molecule has 6 nitrogen and oxygen atoms in total. The van der Waals surface area contributed by atoms with Crippen LogP contribution in [0, 0.1) is 0 Å². The Hall–Kier alpha value is -2.99. The van der Waals surface area contributed by atoms with E-state index in [0.29, 0.717) is 36.0 Å². The number of hydrogen-bond donors (Lipinski definition) is 2. The van der Waals surface area contributed by atoms with Crippen molar-refractivity contribution >= 4 is 28.0 Å². The van der Waals surface area contributed by atoms with Gasteiger partial charge in [0.1, 0.15) is 5.52 Å². The maximum Gasteiger partial charge on any atom is 0.250 e. The summed E-state index contributed by atoms with van der Waals surface area (Å²) in [4.78, 5) is 13.8. The van der Waals surface area contributed by atoms with Crippen LogP contribution >= 0.6 is 0 Å². The van der Waals surface area contributed by atoms with Crippen molar-refractivity contribution in [2.24, 2.45) is 0 Å². The molecule has 6 heteroatoms. The Kier molecular flexibility index (Phi) is 3.80. The van der Waals surface area contributed by atoms with Crippen molar-refractivity contribution in [3.8, 4) is 11.6 Å². The maximum atomic E-state index is 8.99. The molecule has 0 saturated carbocycles. The fraction of sp³-hybridized carbons (Fsp3) is 0.167. The van der Waals surface area contributed by atoms with Crippen LogP contribution in [0.1, 0.15) is 6.42 Å². The van der Waals surface area contributed by atoms with Gasteiger partial charge in [0.05, 0.1) is 11.0 Å². The monoisotopic (exact) mass is 320 g/mol. The van der Waals surface area contributed by atoms with Gasteiger partial charge in [0.2, 0.25) is 5.89 Å². The van der Waals surface area contributed by atoms with Gasteiger partial charge in [-0.3, -0.25) is 0 Å². The van der Waals surface area contributed by atoms with Crippen molar-refractivity contribution in [1.82, 2.24) is 15.0 Å². The van der Waals surface area contributed by atoms with Crippen molar-refractivity contribution in [3.05, 3.63) is 48.5 Å². The molecule has 120 valence electrons. The van der Waals surface area contributed by atoms with Gasteiger partial charge in [-0.2, -0.15) is 0 Å². The maximum absolute atomic E-state index is 8.99. The summed E-state index contributed by atoms with van der Waals surface area (Å²) >= 11 is 0. The average molecular weight is 320 g/mol. The molecule has 4 rings (SSSR count). The molecule has 0 fully saturated rings. The zero-order valence-corrected chi connectivity index (χ0v) is 12.9. The standard InChI is InChI=1S/C18H16N4O2/c23-11-5-10-19-17-16(20-12-6-1-2-7-13(12)21-17)18-22-14-8-3-4-9-15(14)24-18/h1-4,6-9,23H,5,10-11H2,(H,19,21). The summed E-state index contributed by atoms with van der Waals surface area (Å²) in [7, 11) is 0. The van der Waals surface area contributed by atoms with E-state index in [1.165, 1.54) is 0 Å². The van der Waals surface area contributed by atoms with Gasteiger partial charge in [0, 0.05) is 13.2 Å². The Morgan fingerprint density at radius 1 is 0.875 bits per heavy atom. The highest BCUT2D eigenvalue weighted by Crippen LogP contribution is 2.29. The van der Waals surface area contributed by atoms with Gasteiger partial charge in [-0.05, 0) is 30.7 Å². The normalized spacial score (nSPS) is 11.2. The largest absolute Gasteiger partial charge is 0.435 e. The highest BCUT2D eigenvalue weighted by Gasteiger charge is 2.16. The number of rotatable bonds is 5. The van der Waals surface area contributed by atoms with E-state index in [9.17, 15) is 0 Å². The number of aromatic nitrogens is 3. The van der Waals surface area contributed by atoms with E-state index >= 15 is 0 Å². The van der Waals surface area contributed by atoms with Gasteiger partial charge in [-0.1, -0.05) is 24.3 Å². The Labute approximate surface area is 138 Å². The molecule has 0 aliphatic heterocycles. The van der Waals surface area contributed by atoms with Crippen LogP contribution in [0.5, 0.6) is 0 Å². The quantitative estimate of drug-likeness (QED) is 0.549. The van der Waals surface area contributed by atoms with Crippen LogP contribution in [0.25, 0.3) is 33.7 Å². The van der Waals surface area contributed by atoms with Crippen LogP contribution in [-0.2, 0) is 0 Å². The molecule has 0 atom stereocenters. The molecule has 0 aliphatic rings. The van der Waals surface area contributed by atoms with E-state index in [4.69, 9.17) is 9.52 Å².